The van der Waals surface area contributed by atoms with Gasteiger partial charge in [0.05, 0.1) is 33.2 Å². The number of hydrogen-bond donors (Lipinski definition) is 12. The van der Waals surface area contributed by atoms with Gasteiger partial charge in [0.2, 0.25) is 30.4 Å². The second kappa shape index (κ2) is 20.1. The Morgan fingerprint density at radius 1 is 0.681 bits per heavy atom. The van der Waals surface area contributed by atoms with Crippen LogP contribution in [0.5, 0.6) is 0 Å². The zero-order valence-corrected chi connectivity index (χ0v) is 39.8. The molecular weight excluding hydrogens is 1070 g/mol. The van der Waals surface area contributed by atoms with Crippen molar-refractivity contribution in [2.45, 2.75) is 92.1 Å². The van der Waals surface area contributed by atoms with Crippen molar-refractivity contribution in [2.24, 2.45) is 36.4 Å². The third-order valence-corrected chi connectivity index (χ3v) is 16.5. The highest BCUT2D eigenvalue weighted by atomic mass is 31.3. The summed E-state index contributed by atoms with van der Waals surface area (Å²) < 4.78 is 97.5. The topological polar surface area (TPSA) is 540 Å². The summed E-state index contributed by atoms with van der Waals surface area (Å²) >= 11 is 0. The SMILES string of the molecule is C[N+]1=CN([C@@H]2O[C@H](COP(=O)(O)OP(=O)(O)OP(=O)(O)OC[C@H]3O[C@@H](N4CCC(=O)NC4=O)[C@H](O)[C@@H]3OP(=O)(O)OC[C@H]3O[C@@H](N4C=NC5C(=O)N=C(N)N=C54)[C@H](O)[C@@H]3O)[C@@H](O)[C@H]2O)C2=NC(N)=NC(=O)C21. The Morgan fingerprint density at radius 3 is 1.78 bits per heavy atom. The van der Waals surface area contributed by atoms with Crippen molar-refractivity contribution in [1.29, 1.82) is 0 Å². The number of nitrogens with zero attached hydrogens (tertiary/aromatic N) is 9. The Hall–Kier alpha value is -4.30. The maximum atomic E-state index is 13.4. The lowest BCUT2D eigenvalue weighted by Crippen LogP contribution is -2.56. The number of likely N-dealkylation sites (N-methyl/N-ethyl adjacent to an activating group) is 1. The number of aliphatic hydroxyl groups is 5. The predicted octanol–water partition coefficient (Wildman–Crippen LogP) is -7.65. The first kappa shape index (κ1) is 54.0. The summed E-state index contributed by atoms with van der Waals surface area (Å²) in [6, 6.07) is -3.48. The van der Waals surface area contributed by atoms with E-state index in [0.29, 0.717) is 4.90 Å². The molecule has 4 fully saturated rings. The van der Waals surface area contributed by atoms with Gasteiger partial charge in [-0.2, -0.15) is 33.5 Å². The van der Waals surface area contributed by atoms with E-state index < -0.39 is 179 Å². The number of amidine groups is 2. The van der Waals surface area contributed by atoms with Gasteiger partial charge in [0.25, 0.3) is 17.8 Å². The number of aliphatic hydroxyl groups excluding tert-OH is 5. The molecule has 8 aliphatic rings. The maximum absolute atomic E-state index is 13.4. The van der Waals surface area contributed by atoms with Gasteiger partial charge in [-0.15, -0.1) is 0 Å². The first-order valence-corrected chi connectivity index (χ1v) is 26.5. The van der Waals surface area contributed by atoms with Gasteiger partial charge in [-0.3, -0.25) is 52.6 Å². The number of phosphoric ester groups is 3. The summed E-state index contributed by atoms with van der Waals surface area (Å²) in [6.07, 6.45) is -20.2. The number of ether oxygens (including phenoxy) is 3. The minimum atomic E-state index is -6.24. The van der Waals surface area contributed by atoms with Gasteiger partial charge in [0, 0.05) is 13.0 Å². The molecule has 0 aromatic heterocycles. The fraction of sp³-hybridized carbons (Fsp3) is 0.667. The number of aliphatic imine (C=N–C) groups is 5. The van der Waals surface area contributed by atoms with Gasteiger partial charge in [-0.25, -0.2) is 27.6 Å². The molecule has 0 saturated carbocycles. The average Bonchev–Trinajstić information content (AvgIpc) is 4.05. The Bertz CT molecular complexity index is 2660. The number of hydrogen-bond acceptors (Lipinski definition) is 29. The van der Waals surface area contributed by atoms with Crippen LogP contribution in [0.3, 0.4) is 0 Å². The molecule has 4 saturated heterocycles. The van der Waals surface area contributed by atoms with E-state index in [-0.39, 0.29) is 18.1 Å². The summed E-state index contributed by atoms with van der Waals surface area (Å²) in [7, 11) is -22.2. The molecule has 0 aliphatic carbocycles. The molecule has 72 heavy (non-hydrogen) atoms. The van der Waals surface area contributed by atoms with Gasteiger partial charge in [-0.1, -0.05) is 0 Å². The van der Waals surface area contributed by atoms with Gasteiger partial charge in [0.1, 0.15) is 54.9 Å². The zero-order chi connectivity index (χ0) is 52.6. The quantitative estimate of drug-likeness (QED) is 0.0448. The van der Waals surface area contributed by atoms with Crippen LogP contribution in [0, 0.1) is 0 Å². The number of nitrogens with two attached hydrogens (primary N) is 2. The number of rotatable bonds is 18. The van der Waals surface area contributed by atoms with Crippen LogP contribution in [0.25, 0.3) is 0 Å². The lowest BCUT2D eigenvalue weighted by atomic mass is 10.1. The fourth-order valence-electron chi connectivity index (χ4n) is 8.04. The molecule has 38 nitrogen and oxygen atoms in total. The molecule has 6 unspecified atom stereocenters. The fourth-order valence-corrected chi connectivity index (χ4v) is 12.5. The Balaban J connectivity index is 0.878. The number of nitrogens with one attached hydrogen (secondary N) is 1. The van der Waals surface area contributed by atoms with E-state index in [1.54, 1.807) is 0 Å². The number of urea groups is 1. The predicted molar refractivity (Wildman–Crippen MR) is 225 cm³/mol. The van der Waals surface area contributed by atoms with E-state index in [1.807, 2.05) is 5.32 Å². The monoisotopic (exact) mass is 1110 g/mol. The molecule has 0 spiro atoms. The molecule has 0 bridgehead atoms. The van der Waals surface area contributed by atoms with Crippen LogP contribution in [-0.4, -0.2) is 244 Å². The lowest BCUT2D eigenvalue weighted by Gasteiger charge is -2.33. The van der Waals surface area contributed by atoms with Crippen molar-refractivity contribution in [3.8, 4) is 0 Å². The largest absolute Gasteiger partial charge is 0.490 e. The van der Waals surface area contributed by atoms with Crippen LogP contribution in [0.15, 0.2) is 25.0 Å². The molecule has 14 N–H and O–H groups in total. The highest BCUT2D eigenvalue weighted by Crippen LogP contribution is 2.68. The van der Waals surface area contributed by atoms with Crippen LogP contribution < -0.4 is 16.8 Å². The smallest absolute Gasteiger partial charge is 0.387 e. The molecule has 5 amide bonds. The lowest BCUT2D eigenvalue weighted by molar-refractivity contribution is -0.498. The van der Waals surface area contributed by atoms with E-state index in [0.717, 1.165) is 16.1 Å². The third kappa shape index (κ3) is 11.2. The van der Waals surface area contributed by atoms with Crippen molar-refractivity contribution in [3.63, 3.8) is 0 Å². The molecule has 0 aromatic rings. The second-order valence-electron chi connectivity index (χ2n) is 16.2. The average molecular weight is 1110 g/mol. The third-order valence-electron chi connectivity index (χ3n) is 11.2. The van der Waals surface area contributed by atoms with Gasteiger partial charge in [0.15, 0.2) is 24.3 Å². The summed E-state index contributed by atoms with van der Waals surface area (Å²) in [5.74, 6) is -3.33. The molecule has 42 heteroatoms. The maximum Gasteiger partial charge on any atom is 0.490 e. The van der Waals surface area contributed by atoms with Crippen LogP contribution in [0.2, 0.25) is 0 Å². The van der Waals surface area contributed by atoms with Crippen molar-refractivity contribution in [1.82, 2.24) is 20.0 Å². The van der Waals surface area contributed by atoms with Crippen molar-refractivity contribution in [3.05, 3.63) is 0 Å². The first-order valence-electron chi connectivity index (χ1n) is 20.5. The molecule has 398 valence electrons. The number of fused-ring (bicyclic) bond motifs is 2. The number of amides is 5. The van der Waals surface area contributed by atoms with E-state index in [9.17, 15) is 82.5 Å². The van der Waals surface area contributed by atoms with Gasteiger partial charge < -0.3 is 70.8 Å². The summed E-state index contributed by atoms with van der Waals surface area (Å²) in [5.41, 5.74) is 11.2. The normalized spacial score (nSPS) is 38.0. The minimum absolute atomic E-state index is 0.0668. The molecule has 8 heterocycles. The minimum Gasteiger partial charge on any atom is -0.387 e. The van der Waals surface area contributed by atoms with Gasteiger partial charge >= 0.3 is 43.2 Å². The Morgan fingerprint density at radius 2 is 1.19 bits per heavy atom. The van der Waals surface area contributed by atoms with Crippen LogP contribution in [-0.2, 0) is 73.6 Å². The van der Waals surface area contributed by atoms with Crippen LogP contribution in [0.1, 0.15) is 6.42 Å². The van der Waals surface area contributed by atoms with Crippen molar-refractivity contribution >= 4 is 91.3 Å². The van der Waals surface area contributed by atoms with E-state index in [4.69, 9.17) is 34.7 Å². The van der Waals surface area contributed by atoms with Crippen LogP contribution >= 0.6 is 31.3 Å². The summed E-state index contributed by atoms with van der Waals surface area (Å²) in [5, 5.41) is 56.0. The van der Waals surface area contributed by atoms with E-state index in [1.165, 1.54) is 18.0 Å². The number of carbonyl (C=O) groups is 4. The molecule has 8 rings (SSSR count). The zero-order valence-electron chi connectivity index (χ0n) is 36.2. The molecule has 8 aliphatic heterocycles. The highest BCUT2D eigenvalue weighted by molar-refractivity contribution is 7.66. The van der Waals surface area contributed by atoms with E-state index >= 15 is 0 Å². The highest BCUT2D eigenvalue weighted by Gasteiger charge is 2.58. The standard InChI is InChI=1S/C30H42N12O26P4/c1-39-8-42(22-14(39)24(50)38-29(32)36-22)26-18(47)16(45)10(64-26)5-61-70(54,55)67-72(58,59)68-71(56,57)62-6-11-20(19(48)27(65-11)40-3-2-12(43)34-30(40)51)66-69(52,53)60-4-9-15(44)17(46)25(63-9)41-7-33-13-21(41)35-28(31)37-23(13)49/h7-11,13-20,25-27,44-48H,2-6H2,1H3,(H8-,31,32,34,37,38,43,49,50,51,52,53,54,55,56,57,58,59)/p+1/t9-,10-,11-,13?,14?,15-,16-,17-,18-,19-,20-,25-,26-,27-/m1/s1. The number of phosphoric acid groups is 4. The first-order chi connectivity index (χ1) is 33.5. The summed E-state index contributed by atoms with van der Waals surface area (Å²) in [6.45, 7) is -4.08. The number of carbonyl (C=O) groups excluding carboxylic acids is 4. The van der Waals surface area contributed by atoms with Crippen molar-refractivity contribution in [2.75, 3.05) is 33.4 Å². The second-order valence-corrected chi connectivity index (χ2v) is 22.2. The Labute approximate surface area is 400 Å². The number of guanidine groups is 2. The van der Waals surface area contributed by atoms with Crippen molar-refractivity contribution < 1.29 is 128 Å². The number of imide groups is 1. The van der Waals surface area contributed by atoms with Crippen LogP contribution in [0.4, 0.5) is 4.79 Å². The molecule has 0 aromatic carbocycles. The van der Waals surface area contributed by atoms with E-state index in [2.05, 4.69) is 42.6 Å². The summed E-state index contributed by atoms with van der Waals surface area (Å²) in [4.78, 5) is 112. The van der Waals surface area contributed by atoms with Gasteiger partial charge in [-0.05, 0) is 0 Å². The Kier molecular flexibility index (Phi) is 15.1. The molecule has 18 atom stereocenters. The molecule has 0 radical (unpaired) electrons. The molecular formula is C30H43N12O26P4+.